The summed E-state index contributed by atoms with van der Waals surface area (Å²) in [6.45, 7) is 22.6. The quantitative estimate of drug-likeness (QED) is 0.270. The maximum absolute atomic E-state index is 7.56. The van der Waals surface area contributed by atoms with Gasteiger partial charge in [0.15, 0.2) is 0 Å². The van der Waals surface area contributed by atoms with E-state index in [2.05, 4.69) is 62.9 Å². The molecular formula is C17H42N2O5S2Si. The minimum Gasteiger partial charge on any atom is -0.487 e. The van der Waals surface area contributed by atoms with Gasteiger partial charge in [-0.05, 0) is 59.1 Å². The van der Waals surface area contributed by atoms with Crippen molar-refractivity contribution in [3.63, 3.8) is 0 Å². The lowest BCUT2D eigenvalue weighted by Crippen LogP contribution is -2.27. The van der Waals surface area contributed by atoms with E-state index in [0.717, 1.165) is 0 Å². The highest BCUT2D eigenvalue weighted by Gasteiger charge is 2.11. The van der Waals surface area contributed by atoms with Gasteiger partial charge in [0.2, 0.25) is 0 Å². The van der Waals surface area contributed by atoms with E-state index in [1.807, 2.05) is 34.6 Å². The van der Waals surface area contributed by atoms with Crippen molar-refractivity contribution in [2.45, 2.75) is 54.9 Å². The third kappa shape index (κ3) is 208. The van der Waals surface area contributed by atoms with Crippen molar-refractivity contribution in [3.8, 4) is 0 Å². The standard InChI is InChI=1S/C6H16O3Si.C3H8.2C3H6.2CH3NOS/c1-4-7-10(8-5-2)9-6-3;3*1-3-2;2*2-1(3)4/h10H,4-6H2,1-3H3;3H2,1-2H3;2*3H,1H2,2H3;2*(H3,2,3,4). The lowest BCUT2D eigenvalue weighted by atomic mass is 10.6. The van der Waals surface area contributed by atoms with Crippen LogP contribution in [0.2, 0.25) is 0 Å². The predicted molar refractivity (Wildman–Crippen MR) is 129 cm³/mol. The summed E-state index contributed by atoms with van der Waals surface area (Å²) >= 11 is 7.74. The second-order valence-electron chi connectivity index (χ2n) is 3.85. The first-order valence-corrected chi connectivity index (χ1v) is 10.7. The minimum atomic E-state index is -1.73. The zero-order valence-corrected chi connectivity index (χ0v) is 20.9. The zero-order valence-electron chi connectivity index (χ0n) is 18.1. The first-order valence-electron chi connectivity index (χ1n) is 8.51. The molecule has 0 saturated carbocycles. The van der Waals surface area contributed by atoms with Crippen LogP contribution in [-0.2, 0) is 13.3 Å². The first-order chi connectivity index (χ1) is 12.6. The van der Waals surface area contributed by atoms with Gasteiger partial charge in [-0.25, -0.2) is 0 Å². The molecule has 0 aromatic heterocycles. The van der Waals surface area contributed by atoms with Crippen LogP contribution in [0.3, 0.4) is 0 Å². The maximum Gasteiger partial charge on any atom is 0.484 e. The van der Waals surface area contributed by atoms with Crippen molar-refractivity contribution in [3.05, 3.63) is 25.3 Å². The Bertz CT molecular complexity index is 260. The number of aliphatic hydroxyl groups excluding tert-OH is 2. The lowest BCUT2D eigenvalue weighted by Gasteiger charge is -2.12. The summed E-state index contributed by atoms with van der Waals surface area (Å²) in [7, 11) is -1.73. The molecule has 0 rings (SSSR count). The molecule has 0 aromatic carbocycles. The molecule has 166 valence electrons. The van der Waals surface area contributed by atoms with E-state index in [-0.39, 0.29) is 0 Å². The van der Waals surface area contributed by atoms with Gasteiger partial charge in [-0.15, -0.1) is 13.2 Å². The van der Waals surface area contributed by atoms with Crippen LogP contribution in [0.1, 0.15) is 54.9 Å². The average Bonchev–Trinajstić information content (AvgIpc) is 2.49. The molecule has 0 spiro atoms. The van der Waals surface area contributed by atoms with E-state index in [4.69, 9.17) is 23.5 Å². The first kappa shape index (κ1) is 40.6. The van der Waals surface area contributed by atoms with Gasteiger partial charge in [0.1, 0.15) is 0 Å². The molecule has 7 nitrogen and oxygen atoms in total. The summed E-state index contributed by atoms with van der Waals surface area (Å²) < 4.78 is 15.7. The summed E-state index contributed by atoms with van der Waals surface area (Å²) in [5, 5.41) is 14.1. The molecular weight excluding hydrogens is 404 g/mol. The number of hydrogen-bond donors (Lipinski definition) is 4. The number of thiocarbonyl (C=S) groups is 2. The van der Waals surface area contributed by atoms with Gasteiger partial charge in [-0.1, -0.05) is 32.4 Å². The Labute approximate surface area is 179 Å². The van der Waals surface area contributed by atoms with Crippen LogP contribution in [0, 0.1) is 0 Å². The molecule has 0 atom stereocenters. The van der Waals surface area contributed by atoms with Crippen molar-refractivity contribution in [1.29, 1.82) is 0 Å². The van der Waals surface area contributed by atoms with E-state index in [1.165, 1.54) is 6.42 Å². The van der Waals surface area contributed by atoms with Gasteiger partial charge in [-0.2, -0.15) is 0 Å². The molecule has 10 heteroatoms. The van der Waals surface area contributed by atoms with E-state index in [9.17, 15) is 0 Å². The molecule has 0 amide bonds. The van der Waals surface area contributed by atoms with Crippen molar-refractivity contribution in [2.75, 3.05) is 19.8 Å². The molecule has 0 aliphatic heterocycles. The molecule has 0 fully saturated rings. The van der Waals surface area contributed by atoms with Crippen molar-refractivity contribution in [2.24, 2.45) is 11.5 Å². The zero-order chi connectivity index (χ0) is 23.1. The second-order valence-corrected chi connectivity index (χ2v) is 6.27. The Balaban J connectivity index is -0.0000000546. The molecule has 27 heavy (non-hydrogen) atoms. The highest BCUT2D eigenvalue weighted by molar-refractivity contribution is 7.80. The topological polar surface area (TPSA) is 120 Å². The Morgan fingerprint density at radius 2 is 0.926 bits per heavy atom. The Hall–Kier alpha value is -1.04. The summed E-state index contributed by atoms with van der Waals surface area (Å²) in [5.74, 6) is 0. The Morgan fingerprint density at radius 1 is 0.815 bits per heavy atom. The van der Waals surface area contributed by atoms with E-state index in [0.29, 0.717) is 19.8 Å². The monoisotopic (exact) mass is 446 g/mol. The van der Waals surface area contributed by atoms with Crippen LogP contribution >= 0.6 is 24.4 Å². The Morgan fingerprint density at radius 3 is 1.00 bits per heavy atom. The fourth-order valence-corrected chi connectivity index (χ4v) is 1.66. The van der Waals surface area contributed by atoms with E-state index < -0.39 is 19.9 Å². The van der Waals surface area contributed by atoms with E-state index >= 15 is 0 Å². The SMILES string of the molecule is C=CC.C=CC.CCC.CCO[SiH](OCC)OCC.NC(O)=S.NC(O)=S. The van der Waals surface area contributed by atoms with E-state index in [1.54, 1.807) is 12.2 Å². The van der Waals surface area contributed by atoms with Gasteiger partial charge in [0, 0.05) is 19.8 Å². The Kier molecular flexibility index (Phi) is 74.9. The molecule has 0 aliphatic carbocycles. The molecule has 0 saturated heterocycles. The third-order valence-electron chi connectivity index (χ3n) is 0.908. The molecule has 0 radical (unpaired) electrons. The number of rotatable bonds is 6. The van der Waals surface area contributed by atoms with Gasteiger partial charge in [-0.3, -0.25) is 0 Å². The molecule has 0 aliphatic rings. The maximum atomic E-state index is 7.56. The van der Waals surface area contributed by atoms with Crippen molar-refractivity contribution < 1.29 is 23.5 Å². The highest BCUT2D eigenvalue weighted by atomic mass is 32.1. The minimum absolute atomic E-state index is 0.500. The van der Waals surface area contributed by atoms with Crippen LogP contribution < -0.4 is 11.5 Å². The van der Waals surface area contributed by atoms with Crippen molar-refractivity contribution in [1.82, 2.24) is 0 Å². The third-order valence-corrected chi connectivity index (χ3v) is 2.72. The van der Waals surface area contributed by atoms with Crippen LogP contribution in [0.4, 0.5) is 0 Å². The number of allylic oxidation sites excluding steroid dienone is 2. The normalized spacial score (nSPS) is 7.41. The lowest BCUT2D eigenvalue weighted by molar-refractivity contribution is 0.107. The predicted octanol–water partition coefficient (Wildman–Crippen LogP) is 4.19. The van der Waals surface area contributed by atoms with Crippen LogP contribution in [0.25, 0.3) is 0 Å². The number of aliphatic hydroxyl groups is 2. The smallest absolute Gasteiger partial charge is 0.484 e. The molecule has 0 aromatic rings. The molecule has 0 bridgehead atoms. The average molecular weight is 447 g/mol. The molecule has 0 unspecified atom stereocenters. The second kappa shape index (κ2) is 49.8. The van der Waals surface area contributed by atoms with Crippen LogP contribution in [-0.4, -0.2) is 49.9 Å². The summed E-state index contributed by atoms with van der Waals surface area (Å²) in [6, 6.07) is 0. The van der Waals surface area contributed by atoms with Gasteiger partial charge < -0.3 is 35.0 Å². The fraction of sp³-hybridized carbons (Fsp3) is 0.647. The van der Waals surface area contributed by atoms with Crippen LogP contribution in [0.15, 0.2) is 25.3 Å². The van der Waals surface area contributed by atoms with Gasteiger partial charge >= 0.3 is 9.53 Å². The largest absolute Gasteiger partial charge is 0.487 e. The fourth-order valence-electron chi connectivity index (χ4n) is 0.553. The van der Waals surface area contributed by atoms with Crippen LogP contribution in [0.5, 0.6) is 0 Å². The molecule has 6 N–H and O–H groups in total. The number of nitrogens with two attached hydrogens (primary N) is 2. The summed E-state index contributed by atoms with van der Waals surface area (Å²) in [5.41, 5.74) is 8.80. The highest BCUT2D eigenvalue weighted by Crippen LogP contribution is 1.91. The number of hydrogen-bond acceptors (Lipinski definition) is 5. The molecule has 0 heterocycles. The van der Waals surface area contributed by atoms with Gasteiger partial charge in [0.05, 0.1) is 0 Å². The summed E-state index contributed by atoms with van der Waals surface area (Å²) in [4.78, 5) is 0. The van der Waals surface area contributed by atoms with Gasteiger partial charge in [0.25, 0.3) is 10.3 Å². The summed E-state index contributed by atoms with van der Waals surface area (Å²) in [6.07, 6.45) is 4.75. The van der Waals surface area contributed by atoms with Crippen molar-refractivity contribution >= 4 is 44.3 Å².